The van der Waals surface area contributed by atoms with Gasteiger partial charge in [-0.15, -0.1) is 0 Å². The second-order valence-corrected chi connectivity index (χ2v) is 14.0. The second kappa shape index (κ2) is 6.30. The highest BCUT2D eigenvalue weighted by Gasteiger charge is 2.50. The first-order chi connectivity index (χ1) is 10.5. The van der Waals surface area contributed by atoms with Gasteiger partial charge in [-0.1, -0.05) is 26.8 Å². The molecule has 0 radical (unpaired) electrons. The zero-order valence-corrected chi connectivity index (χ0v) is 17.8. The lowest BCUT2D eigenvalue weighted by atomic mass is 9.96. The Hall–Kier alpha value is -1.14. The Kier molecular flexibility index (Phi) is 5.48. The summed E-state index contributed by atoms with van der Waals surface area (Å²) in [6.07, 6.45) is 2.21. The quantitative estimate of drug-likeness (QED) is 0.700. The van der Waals surface area contributed by atoms with E-state index in [1.807, 2.05) is 13.8 Å². The van der Waals surface area contributed by atoms with Crippen LogP contribution < -0.4 is 0 Å². The maximum atomic E-state index is 12.6. The lowest BCUT2D eigenvalue weighted by molar-refractivity contribution is -0.129. The van der Waals surface area contributed by atoms with E-state index < -0.39 is 25.6 Å². The van der Waals surface area contributed by atoms with Crippen molar-refractivity contribution < 1.29 is 18.8 Å². The van der Waals surface area contributed by atoms with Gasteiger partial charge in [0.15, 0.2) is 8.32 Å². The van der Waals surface area contributed by atoms with E-state index in [4.69, 9.17) is 9.16 Å². The third-order valence-corrected chi connectivity index (χ3v) is 9.50. The summed E-state index contributed by atoms with van der Waals surface area (Å²) in [5, 5.41) is 0.0424. The normalized spacial score (nSPS) is 23.6. The summed E-state index contributed by atoms with van der Waals surface area (Å²) in [6, 6.07) is 0. The van der Waals surface area contributed by atoms with Gasteiger partial charge in [-0.2, -0.15) is 0 Å². The Bertz CT molecular complexity index is 542. The average Bonchev–Trinajstić information content (AvgIpc) is 2.62. The van der Waals surface area contributed by atoms with Crippen LogP contribution in [0, 0.1) is 0 Å². The van der Waals surface area contributed by atoms with Crippen LogP contribution in [0.1, 0.15) is 55.4 Å². The zero-order valence-electron chi connectivity index (χ0n) is 16.8. The molecule has 1 aliphatic rings. The van der Waals surface area contributed by atoms with Gasteiger partial charge in [-0.05, 0) is 52.8 Å². The topological polar surface area (TPSA) is 55.8 Å². The number of hydrogen-bond donors (Lipinski definition) is 0. The largest absolute Gasteiger partial charge is 0.443 e. The van der Waals surface area contributed by atoms with Gasteiger partial charge in [0.25, 0.3) is 5.91 Å². The van der Waals surface area contributed by atoms with E-state index in [0.29, 0.717) is 0 Å². The number of rotatable bonds is 3. The number of imide groups is 1. The van der Waals surface area contributed by atoms with Gasteiger partial charge in [0, 0.05) is 6.08 Å². The summed E-state index contributed by atoms with van der Waals surface area (Å²) in [6.45, 7) is 19.9. The minimum absolute atomic E-state index is 0.0424. The standard InChI is InChI=1S/C18H33NO4Si/c1-13(23-24(9,10)17(5,6)7)18(8)12-11-14(20)19(18)15(21)22-16(2,3)4/h11-13H,1-10H3/t13-,18-/m0/s1. The van der Waals surface area contributed by atoms with E-state index >= 15 is 0 Å². The number of ether oxygens (including phenoxy) is 1. The van der Waals surface area contributed by atoms with E-state index in [0.717, 1.165) is 0 Å². The summed E-state index contributed by atoms with van der Waals surface area (Å²) in [5.41, 5.74) is -1.51. The van der Waals surface area contributed by atoms with Crippen LogP contribution in [0.3, 0.4) is 0 Å². The molecule has 1 rings (SSSR count). The molecule has 2 atom stereocenters. The Morgan fingerprint density at radius 3 is 2.12 bits per heavy atom. The van der Waals surface area contributed by atoms with Crippen molar-refractivity contribution in [1.82, 2.24) is 4.90 Å². The molecule has 2 amide bonds. The van der Waals surface area contributed by atoms with Crippen LogP contribution in [0.25, 0.3) is 0 Å². The van der Waals surface area contributed by atoms with Crippen molar-refractivity contribution in [3.8, 4) is 0 Å². The van der Waals surface area contributed by atoms with Crippen molar-refractivity contribution in [2.45, 2.75) is 90.8 Å². The van der Waals surface area contributed by atoms with Gasteiger partial charge < -0.3 is 9.16 Å². The van der Waals surface area contributed by atoms with Gasteiger partial charge in [0.05, 0.1) is 11.6 Å². The molecule has 0 aromatic heterocycles. The van der Waals surface area contributed by atoms with Gasteiger partial charge in [-0.3, -0.25) is 4.79 Å². The van der Waals surface area contributed by atoms with Crippen molar-refractivity contribution in [3.05, 3.63) is 12.2 Å². The lowest BCUT2D eigenvalue weighted by Crippen LogP contribution is -2.58. The molecule has 24 heavy (non-hydrogen) atoms. The van der Waals surface area contributed by atoms with Crippen molar-refractivity contribution >= 4 is 20.3 Å². The third-order valence-electron chi connectivity index (χ3n) is 4.94. The van der Waals surface area contributed by atoms with E-state index in [1.54, 1.807) is 26.8 Å². The average molecular weight is 356 g/mol. The first-order valence-electron chi connectivity index (χ1n) is 8.45. The number of amides is 2. The van der Waals surface area contributed by atoms with E-state index in [9.17, 15) is 9.59 Å². The lowest BCUT2D eigenvalue weighted by Gasteiger charge is -2.45. The fourth-order valence-corrected chi connectivity index (χ4v) is 3.75. The molecular formula is C18H33NO4Si. The molecule has 0 saturated carbocycles. The van der Waals surface area contributed by atoms with Crippen LogP contribution in [0.2, 0.25) is 18.1 Å². The van der Waals surface area contributed by atoms with Crippen LogP contribution >= 0.6 is 0 Å². The van der Waals surface area contributed by atoms with Gasteiger partial charge >= 0.3 is 6.09 Å². The van der Waals surface area contributed by atoms with Crippen LogP contribution in [0.15, 0.2) is 12.2 Å². The molecule has 1 aliphatic heterocycles. The second-order valence-electron chi connectivity index (χ2n) is 9.23. The summed E-state index contributed by atoms with van der Waals surface area (Å²) >= 11 is 0. The molecule has 0 spiro atoms. The van der Waals surface area contributed by atoms with E-state index in [-0.39, 0.29) is 17.0 Å². The number of nitrogens with zero attached hydrogens (tertiary/aromatic N) is 1. The Morgan fingerprint density at radius 2 is 1.71 bits per heavy atom. The first-order valence-corrected chi connectivity index (χ1v) is 11.4. The summed E-state index contributed by atoms with van der Waals surface area (Å²) in [4.78, 5) is 26.0. The fourth-order valence-electron chi connectivity index (χ4n) is 2.28. The van der Waals surface area contributed by atoms with Crippen molar-refractivity contribution in [3.63, 3.8) is 0 Å². The Balaban J connectivity index is 3.08. The molecular weight excluding hydrogens is 322 g/mol. The Morgan fingerprint density at radius 1 is 1.21 bits per heavy atom. The molecule has 0 saturated heterocycles. The molecule has 0 fully saturated rings. The van der Waals surface area contributed by atoms with Gasteiger partial charge in [-0.25, -0.2) is 9.69 Å². The van der Waals surface area contributed by atoms with E-state index in [1.165, 1.54) is 11.0 Å². The predicted molar refractivity (Wildman–Crippen MR) is 98.4 cm³/mol. The highest BCUT2D eigenvalue weighted by Crippen LogP contribution is 2.40. The molecule has 0 aromatic rings. The highest BCUT2D eigenvalue weighted by atomic mass is 28.4. The molecule has 0 unspecified atom stereocenters. The van der Waals surface area contributed by atoms with Crippen LogP contribution in [0.4, 0.5) is 4.79 Å². The minimum atomic E-state index is -2.04. The first kappa shape index (κ1) is 20.9. The Labute approximate surface area is 147 Å². The van der Waals surface area contributed by atoms with Gasteiger partial charge in [0.1, 0.15) is 5.60 Å². The van der Waals surface area contributed by atoms with Crippen molar-refractivity contribution in [2.75, 3.05) is 0 Å². The monoisotopic (exact) mass is 355 g/mol. The van der Waals surface area contributed by atoms with Crippen LogP contribution in [-0.2, 0) is 14.0 Å². The highest BCUT2D eigenvalue weighted by molar-refractivity contribution is 6.74. The van der Waals surface area contributed by atoms with Crippen LogP contribution in [0.5, 0.6) is 0 Å². The molecule has 1 heterocycles. The summed E-state index contributed by atoms with van der Waals surface area (Å²) < 4.78 is 11.9. The smallest absolute Gasteiger partial charge is 0.418 e. The number of carbonyl (C=O) groups is 2. The molecule has 5 nitrogen and oxygen atoms in total. The van der Waals surface area contributed by atoms with Crippen molar-refractivity contribution in [1.29, 1.82) is 0 Å². The zero-order chi connectivity index (χ0) is 19.1. The van der Waals surface area contributed by atoms with Crippen molar-refractivity contribution in [2.24, 2.45) is 0 Å². The molecule has 6 heteroatoms. The maximum absolute atomic E-state index is 12.6. The van der Waals surface area contributed by atoms with Gasteiger partial charge in [0.2, 0.25) is 0 Å². The fraction of sp³-hybridized carbons (Fsp3) is 0.778. The summed E-state index contributed by atoms with van der Waals surface area (Å²) in [7, 11) is -2.04. The number of carbonyl (C=O) groups excluding carboxylic acids is 2. The van der Waals surface area contributed by atoms with E-state index in [2.05, 4.69) is 33.9 Å². The molecule has 0 aromatic carbocycles. The molecule has 138 valence electrons. The third kappa shape index (κ3) is 4.28. The molecule has 0 aliphatic carbocycles. The predicted octanol–water partition coefficient (Wildman–Crippen LogP) is 4.49. The minimum Gasteiger partial charge on any atom is -0.443 e. The maximum Gasteiger partial charge on any atom is 0.418 e. The van der Waals surface area contributed by atoms with Crippen LogP contribution in [-0.4, -0.2) is 42.5 Å². The molecule has 0 bridgehead atoms. The molecule has 0 N–H and O–H groups in total. The number of hydrogen-bond acceptors (Lipinski definition) is 4. The SMILES string of the molecule is C[C@H](O[Si](C)(C)C(C)(C)C)[C@]1(C)C=CC(=O)N1C(=O)OC(C)(C)C. The summed E-state index contributed by atoms with van der Waals surface area (Å²) in [5.74, 6) is -0.363.